The van der Waals surface area contributed by atoms with Crippen molar-refractivity contribution in [2.45, 2.75) is 6.54 Å². The molecule has 0 unspecified atom stereocenters. The van der Waals surface area contributed by atoms with Crippen molar-refractivity contribution in [3.8, 4) is 0 Å². The lowest BCUT2D eigenvalue weighted by Crippen LogP contribution is -2.05. The monoisotopic (exact) mass is 352 g/mol. The number of hydrogen-bond acceptors (Lipinski definition) is 6. The Morgan fingerprint density at radius 3 is 2.63 bits per heavy atom. The first-order chi connectivity index (χ1) is 13.4. The Labute approximate surface area is 155 Å². The lowest BCUT2D eigenvalue weighted by atomic mass is 10.0. The van der Waals surface area contributed by atoms with Gasteiger partial charge in [0.2, 0.25) is 0 Å². The Morgan fingerprint density at radius 2 is 1.78 bits per heavy atom. The Bertz CT molecular complexity index is 1200. The minimum Gasteiger partial charge on any atom is -0.365 e. The van der Waals surface area contributed by atoms with Crippen molar-refractivity contribution in [2.24, 2.45) is 9.98 Å². The second-order valence-electron chi connectivity index (χ2n) is 6.27. The van der Waals surface area contributed by atoms with E-state index in [2.05, 4.69) is 31.3 Å². The summed E-state index contributed by atoms with van der Waals surface area (Å²) in [5.41, 5.74) is 2.97. The second-order valence-corrected chi connectivity index (χ2v) is 6.27. The molecular weight excluding hydrogens is 336 g/mol. The SMILES string of the molecule is C1=NC(c2cccc3c2nc(NCc2ccncc2)c2ccncc23)=NC1. The maximum atomic E-state index is 4.95. The molecule has 1 aliphatic rings. The van der Waals surface area contributed by atoms with Gasteiger partial charge in [0.05, 0.1) is 12.1 Å². The van der Waals surface area contributed by atoms with Gasteiger partial charge in [-0.05, 0) is 29.8 Å². The van der Waals surface area contributed by atoms with Crippen molar-refractivity contribution in [3.63, 3.8) is 0 Å². The molecule has 0 saturated carbocycles. The van der Waals surface area contributed by atoms with Crippen LogP contribution in [0.15, 0.2) is 71.2 Å². The highest BCUT2D eigenvalue weighted by Crippen LogP contribution is 2.31. The summed E-state index contributed by atoms with van der Waals surface area (Å²) in [7, 11) is 0. The standard InChI is InChI=1S/C21H16N6/c1-2-15-18-13-23-9-6-16(18)21(26-12-14-4-7-22-8-5-14)27-19(15)17(3-1)20-24-10-11-25-20/h1-10,13H,11-12H2,(H,26,27). The average Bonchev–Trinajstić information content (AvgIpc) is 3.27. The summed E-state index contributed by atoms with van der Waals surface area (Å²) in [4.78, 5) is 22.2. The van der Waals surface area contributed by atoms with Crippen molar-refractivity contribution in [3.05, 3.63) is 72.3 Å². The van der Waals surface area contributed by atoms with Gasteiger partial charge in [0, 0.05) is 59.3 Å². The van der Waals surface area contributed by atoms with E-state index in [0.29, 0.717) is 13.1 Å². The van der Waals surface area contributed by atoms with Gasteiger partial charge >= 0.3 is 0 Å². The van der Waals surface area contributed by atoms with Crippen LogP contribution in [-0.2, 0) is 6.54 Å². The van der Waals surface area contributed by atoms with Gasteiger partial charge in [-0.25, -0.2) is 9.98 Å². The fourth-order valence-electron chi connectivity index (χ4n) is 3.32. The van der Waals surface area contributed by atoms with Crippen molar-refractivity contribution in [1.82, 2.24) is 15.0 Å². The molecule has 1 N–H and O–H groups in total. The number of pyridine rings is 3. The fraction of sp³-hybridized carbons (Fsp3) is 0.0952. The molecule has 0 bridgehead atoms. The van der Waals surface area contributed by atoms with Crippen LogP contribution in [0.5, 0.6) is 0 Å². The highest BCUT2D eigenvalue weighted by Gasteiger charge is 2.15. The molecule has 0 radical (unpaired) electrons. The summed E-state index contributed by atoms with van der Waals surface area (Å²) >= 11 is 0. The number of benzene rings is 1. The van der Waals surface area contributed by atoms with Gasteiger partial charge in [-0.15, -0.1) is 0 Å². The van der Waals surface area contributed by atoms with Gasteiger partial charge in [-0.1, -0.05) is 12.1 Å². The number of aromatic nitrogens is 3. The fourth-order valence-corrected chi connectivity index (χ4v) is 3.32. The Hall–Kier alpha value is -3.67. The molecule has 3 aromatic heterocycles. The predicted octanol–water partition coefficient (Wildman–Crippen LogP) is 3.62. The van der Waals surface area contributed by atoms with E-state index in [9.17, 15) is 0 Å². The molecule has 4 heterocycles. The summed E-state index contributed by atoms with van der Waals surface area (Å²) in [5, 5.41) is 6.62. The molecule has 0 aliphatic carbocycles. The molecule has 27 heavy (non-hydrogen) atoms. The van der Waals surface area contributed by atoms with Crippen LogP contribution in [0, 0.1) is 0 Å². The van der Waals surface area contributed by atoms with Crippen LogP contribution in [-0.4, -0.2) is 33.5 Å². The van der Waals surface area contributed by atoms with Crippen LogP contribution in [0.25, 0.3) is 21.7 Å². The lowest BCUT2D eigenvalue weighted by Gasteiger charge is -2.13. The normalized spacial score (nSPS) is 13.3. The van der Waals surface area contributed by atoms with Crippen molar-refractivity contribution < 1.29 is 0 Å². The Balaban J connectivity index is 1.69. The predicted molar refractivity (Wildman–Crippen MR) is 109 cm³/mol. The zero-order chi connectivity index (χ0) is 18.1. The van der Waals surface area contributed by atoms with Crippen LogP contribution < -0.4 is 5.32 Å². The largest absolute Gasteiger partial charge is 0.365 e. The molecule has 130 valence electrons. The number of nitrogens with zero attached hydrogens (tertiary/aromatic N) is 5. The van der Waals surface area contributed by atoms with Crippen LogP contribution in [0.2, 0.25) is 0 Å². The molecule has 0 atom stereocenters. The maximum Gasteiger partial charge on any atom is 0.156 e. The first kappa shape index (κ1) is 15.6. The first-order valence-corrected chi connectivity index (χ1v) is 8.77. The zero-order valence-electron chi connectivity index (χ0n) is 14.5. The maximum absolute atomic E-state index is 4.95. The molecule has 6 nitrogen and oxygen atoms in total. The van der Waals surface area contributed by atoms with Crippen LogP contribution >= 0.6 is 0 Å². The molecule has 1 aliphatic heterocycles. The van der Waals surface area contributed by atoms with E-state index >= 15 is 0 Å². The second kappa shape index (κ2) is 6.57. The summed E-state index contributed by atoms with van der Waals surface area (Å²) in [6.45, 7) is 1.29. The molecule has 4 aromatic rings. The highest BCUT2D eigenvalue weighted by atomic mass is 15.0. The zero-order valence-corrected chi connectivity index (χ0v) is 14.5. The van der Waals surface area contributed by atoms with Gasteiger partial charge in [-0.3, -0.25) is 15.0 Å². The summed E-state index contributed by atoms with van der Waals surface area (Å²) in [5.74, 6) is 1.56. The number of anilines is 1. The van der Waals surface area contributed by atoms with Gasteiger partial charge in [0.15, 0.2) is 5.84 Å². The van der Waals surface area contributed by atoms with E-state index in [1.807, 2.05) is 42.7 Å². The topological polar surface area (TPSA) is 75.4 Å². The summed E-state index contributed by atoms with van der Waals surface area (Å²) in [6.07, 6.45) is 9.09. The lowest BCUT2D eigenvalue weighted by molar-refractivity contribution is 1.11. The van der Waals surface area contributed by atoms with Crippen LogP contribution in [0.1, 0.15) is 11.1 Å². The number of fused-ring (bicyclic) bond motifs is 3. The summed E-state index contributed by atoms with van der Waals surface area (Å²) in [6, 6.07) is 12.1. The first-order valence-electron chi connectivity index (χ1n) is 8.77. The van der Waals surface area contributed by atoms with E-state index in [1.54, 1.807) is 18.6 Å². The number of rotatable bonds is 4. The third kappa shape index (κ3) is 2.81. The number of aliphatic imine (C=N–C) groups is 2. The van der Waals surface area contributed by atoms with Gasteiger partial charge in [0.25, 0.3) is 0 Å². The molecule has 0 fully saturated rings. The van der Waals surface area contributed by atoms with E-state index in [1.165, 1.54) is 0 Å². The van der Waals surface area contributed by atoms with E-state index < -0.39 is 0 Å². The third-order valence-corrected chi connectivity index (χ3v) is 4.61. The van der Waals surface area contributed by atoms with Crippen molar-refractivity contribution in [2.75, 3.05) is 11.9 Å². The van der Waals surface area contributed by atoms with E-state index in [4.69, 9.17) is 4.98 Å². The quantitative estimate of drug-likeness (QED) is 0.569. The molecule has 6 heteroatoms. The minimum atomic E-state index is 0.619. The molecule has 5 rings (SSSR count). The van der Waals surface area contributed by atoms with E-state index in [-0.39, 0.29) is 0 Å². The molecule has 0 amide bonds. The Morgan fingerprint density at radius 1 is 0.889 bits per heavy atom. The Kier molecular flexibility index (Phi) is 3.79. The van der Waals surface area contributed by atoms with Gasteiger partial charge in [0.1, 0.15) is 5.82 Å². The molecule has 0 saturated heterocycles. The molecular formula is C21H16N6. The number of amidine groups is 1. The highest BCUT2D eigenvalue weighted by molar-refractivity contribution is 6.18. The van der Waals surface area contributed by atoms with Crippen molar-refractivity contribution >= 4 is 39.5 Å². The van der Waals surface area contributed by atoms with Gasteiger partial charge < -0.3 is 5.32 Å². The van der Waals surface area contributed by atoms with Crippen LogP contribution in [0.3, 0.4) is 0 Å². The summed E-state index contributed by atoms with van der Waals surface area (Å²) < 4.78 is 0. The van der Waals surface area contributed by atoms with E-state index in [0.717, 1.165) is 44.5 Å². The van der Waals surface area contributed by atoms with Gasteiger partial charge in [-0.2, -0.15) is 0 Å². The third-order valence-electron chi connectivity index (χ3n) is 4.61. The molecule has 1 aromatic carbocycles. The van der Waals surface area contributed by atoms with Crippen molar-refractivity contribution in [1.29, 1.82) is 0 Å². The number of para-hydroxylation sites is 1. The number of nitrogens with one attached hydrogen (secondary N) is 1. The van der Waals surface area contributed by atoms with Crippen LogP contribution in [0.4, 0.5) is 5.82 Å². The molecule has 0 spiro atoms. The smallest absolute Gasteiger partial charge is 0.156 e. The minimum absolute atomic E-state index is 0.619. The number of hydrogen-bond donors (Lipinski definition) is 1. The average molecular weight is 352 g/mol.